The number of rotatable bonds is 1. The van der Waals surface area contributed by atoms with Crippen molar-refractivity contribution in [1.82, 2.24) is 19.5 Å². The third-order valence-corrected chi connectivity index (χ3v) is 4.67. The zero-order valence-electron chi connectivity index (χ0n) is 12.9. The summed E-state index contributed by atoms with van der Waals surface area (Å²) < 4.78 is 13.2. The summed E-state index contributed by atoms with van der Waals surface area (Å²) in [4.78, 5) is 12.3. The predicted octanol–water partition coefficient (Wildman–Crippen LogP) is -0.403. The molecule has 0 unspecified atom stereocenters. The van der Waals surface area contributed by atoms with E-state index in [9.17, 15) is 10.2 Å². The third-order valence-electron chi connectivity index (χ3n) is 4.67. The van der Waals surface area contributed by atoms with E-state index in [0.29, 0.717) is 17.6 Å². The number of nitrogen functional groups attached to an aromatic ring is 1. The third kappa shape index (κ3) is 2.04. The van der Waals surface area contributed by atoms with Gasteiger partial charge in [0, 0.05) is 6.42 Å². The lowest BCUT2D eigenvalue weighted by Gasteiger charge is -2.28. The number of hydrogen-bond donors (Lipinski definition) is 3. The number of nitrogens with two attached hydrogens (primary N) is 1. The topological polar surface area (TPSA) is 129 Å². The summed E-state index contributed by atoms with van der Waals surface area (Å²) in [5, 5.41) is 21.1. The highest BCUT2D eigenvalue weighted by Crippen LogP contribution is 2.47. The van der Waals surface area contributed by atoms with Crippen molar-refractivity contribution in [1.29, 1.82) is 0 Å². The number of imidazole rings is 1. The van der Waals surface area contributed by atoms with Gasteiger partial charge in [-0.15, -0.1) is 0 Å². The van der Waals surface area contributed by atoms with Crippen molar-refractivity contribution in [3.8, 4) is 0 Å². The maximum Gasteiger partial charge on any atom is 0.165 e. The molecule has 4 atom stereocenters. The molecule has 23 heavy (non-hydrogen) atoms. The van der Waals surface area contributed by atoms with Gasteiger partial charge in [-0.3, -0.25) is 0 Å². The monoisotopic (exact) mass is 321 g/mol. The normalized spacial score (nSPS) is 36.3. The molecule has 0 aromatic carbocycles. The molecule has 0 amide bonds. The molecule has 4 N–H and O–H groups in total. The van der Waals surface area contributed by atoms with Gasteiger partial charge in [0.25, 0.3) is 0 Å². The minimum Gasteiger partial charge on any atom is -0.388 e. The summed E-state index contributed by atoms with van der Waals surface area (Å²) in [5.41, 5.74) is 5.85. The molecule has 9 nitrogen and oxygen atoms in total. The first-order valence-corrected chi connectivity index (χ1v) is 7.46. The molecule has 4 rings (SSSR count). The molecule has 1 spiro atoms. The van der Waals surface area contributed by atoms with Crippen LogP contribution in [0, 0.1) is 0 Å². The first-order valence-electron chi connectivity index (χ1n) is 7.46. The van der Waals surface area contributed by atoms with Crippen LogP contribution in [0.2, 0.25) is 0 Å². The first kappa shape index (κ1) is 14.8. The maximum absolute atomic E-state index is 10.5. The number of aromatic nitrogens is 4. The number of hydrogen-bond acceptors (Lipinski definition) is 8. The van der Waals surface area contributed by atoms with Crippen molar-refractivity contribution in [3.05, 3.63) is 12.7 Å². The second kappa shape index (κ2) is 4.60. The number of ether oxygens (including phenoxy) is 2. The Hall–Kier alpha value is -1.81. The molecule has 1 aliphatic heterocycles. The molecule has 1 saturated carbocycles. The summed E-state index contributed by atoms with van der Waals surface area (Å²) in [6, 6.07) is -0.443. The van der Waals surface area contributed by atoms with E-state index < -0.39 is 29.6 Å². The van der Waals surface area contributed by atoms with Gasteiger partial charge in [-0.2, -0.15) is 0 Å². The van der Waals surface area contributed by atoms with Crippen LogP contribution in [0.3, 0.4) is 0 Å². The van der Waals surface area contributed by atoms with E-state index in [0.717, 1.165) is 0 Å². The Balaban J connectivity index is 1.74. The van der Waals surface area contributed by atoms with Crippen LogP contribution in [-0.2, 0) is 9.47 Å². The minimum atomic E-state index is -1.06. The van der Waals surface area contributed by atoms with Crippen LogP contribution >= 0.6 is 0 Å². The van der Waals surface area contributed by atoms with Gasteiger partial charge >= 0.3 is 0 Å². The lowest BCUT2D eigenvalue weighted by molar-refractivity contribution is -0.183. The van der Waals surface area contributed by atoms with Gasteiger partial charge < -0.3 is 30.0 Å². The minimum absolute atomic E-state index is 0.221. The Morgan fingerprint density at radius 1 is 1.30 bits per heavy atom. The van der Waals surface area contributed by atoms with E-state index in [1.807, 2.05) is 0 Å². The second-order valence-electron chi connectivity index (χ2n) is 6.65. The first-order chi connectivity index (χ1) is 10.8. The second-order valence-corrected chi connectivity index (χ2v) is 6.65. The van der Waals surface area contributed by atoms with Crippen molar-refractivity contribution in [2.75, 3.05) is 12.3 Å². The highest BCUT2D eigenvalue weighted by molar-refractivity contribution is 5.81. The van der Waals surface area contributed by atoms with E-state index >= 15 is 0 Å². The quantitative estimate of drug-likeness (QED) is 0.647. The Morgan fingerprint density at radius 2 is 2.09 bits per heavy atom. The molecule has 9 heteroatoms. The molecular weight excluding hydrogens is 302 g/mol. The highest BCUT2D eigenvalue weighted by atomic mass is 16.8. The zero-order valence-corrected chi connectivity index (χ0v) is 12.9. The molecule has 2 aromatic heterocycles. The van der Waals surface area contributed by atoms with Gasteiger partial charge in [-0.25, -0.2) is 15.0 Å². The lowest BCUT2D eigenvalue weighted by Crippen LogP contribution is -2.45. The molecule has 3 heterocycles. The summed E-state index contributed by atoms with van der Waals surface area (Å²) in [6.07, 6.45) is 1.19. The van der Waals surface area contributed by atoms with Gasteiger partial charge in [0.15, 0.2) is 17.3 Å². The molecule has 2 aliphatic rings. The van der Waals surface area contributed by atoms with E-state index in [4.69, 9.17) is 15.2 Å². The van der Waals surface area contributed by atoms with Crippen molar-refractivity contribution in [2.24, 2.45) is 0 Å². The molecular formula is C14H19N5O4. The fourth-order valence-corrected chi connectivity index (χ4v) is 3.58. The average Bonchev–Trinajstić information content (AvgIpc) is 3.12. The Morgan fingerprint density at radius 3 is 2.78 bits per heavy atom. The largest absolute Gasteiger partial charge is 0.388 e. The molecule has 2 fully saturated rings. The van der Waals surface area contributed by atoms with E-state index in [1.165, 1.54) is 6.33 Å². The molecule has 124 valence electrons. The van der Waals surface area contributed by atoms with Crippen molar-refractivity contribution < 1.29 is 19.7 Å². The van der Waals surface area contributed by atoms with Crippen LogP contribution in [0.1, 0.15) is 26.3 Å². The zero-order chi connectivity index (χ0) is 16.4. The van der Waals surface area contributed by atoms with Crippen molar-refractivity contribution in [3.63, 3.8) is 0 Å². The molecule has 0 radical (unpaired) electrons. The molecule has 1 aliphatic carbocycles. The number of fused-ring (bicyclic) bond motifs is 1. The summed E-state index contributed by atoms with van der Waals surface area (Å²) in [7, 11) is 0. The number of aliphatic hydroxyl groups is 2. The molecule has 0 bridgehead atoms. The maximum atomic E-state index is 10.5. The standard InChI is InChI=1S/C14H19N5O4/c1-13(2)22-4-14(23-13)3-7(9(20)10(14)21)19-6-18-8-11(15)16-5-17-12(8)19/h5-7,9-10,20-21H,3-4H2,1-2H3,(H2,15,16,17)/t7-,9+,10+,14+/m1/s1. The fourth-order valence-electron chi connectivity index (χ4n) is 3.58. The summed E-state index contributed by atoms with van der Waals surface area (Å²) >= 11 is 0. The fraction of sp³-hybridized carbons (Fsp3) is 0.643. The average molecular weight is 321 g/mol. The van der Waals surface area contributed by atoms with E-state index in [2.05, 4.69) is 15.0 Å². The predicted molar refractivity (Wildman–Crippen MR) is 79.2 cm³/mol. The molecule has 1 saturated heterocycles. The van der Waals surface area contributed by atoms with Crippen LogP contribution < -0.4 is 5.73 Å². The van der Waals surface area contributed by atoms with Crippen molar-refractivity contribution in [2.45, 2.75) is 49.9 Å². The van der Waals surface area contributed by atoms with Crippen LogP contribution in [0.15, 0.2) is 12.7 Å². The van der Waals surface area contributed by atoms with Crippen LogP contribution in [0.25, 0.3) is 11.2 Å². The number of anilines is 1. The number of nitrogens with zero attached hydrogens (tertiary/aromatic N) is 4. The van der Waals surface area contributed by atoms with Gasteiger partial charge in [-0.1, -0.05) is 0 Å². The van der Waals surface area contributed by atoms with E-state index in [-0.39, 0.29) is 12.4 Å². The lowest BCUT2D eigenvalue weighted by atomic mass is 10.0. The van der Waals surface area contributed by atoms with Gasteiger partial charge in [0.1, 0.15) is 29.7 Å². The van der Waals surface area contributed by atoms with Gasteiger partial charge in [-0.05, 0) is 13.8 Å². The smallest absolute Gasteiger partial charge is 0.165 e. The van der Waals surface area contributed by atoms with Gasteiger partial charge in [0.2, 0.25) is 0 Å². The van der Waals surface area contributed by atoms with Crippen molar-refractivity contribution >= 4 is 17.0 Å². The SMILES string of the molecule is CC1(C)OC[C@]2(C[C@@H](n3cnc4c(N)ncnc43)[C@H](O)[C@@H]2O)O1. The summed E-state index contributed by atoms with van der Waals surface area (Å²) in [6.45, 7) is 3.79. The van der Waals surface area contributed by atoms with E-state index in [1.54, 1.807) is 24.7 Å². The Kier molecular flexibility index (Phi) is 2.95. The van der Waals surface area contributed by atoms with Crippen LogP contribution in [0.4, 0.5) is 5.82 Å². The number of aliphatic hydroxyl groups excluding tert-OH is 2. The summed E-state index contributed by atoms with van der Waals surface area (Å²) in [5.74, 6) is -0.516. The van der Waals surface area contributed by atoms with Gasteiger partial charge in [0.05, 0.1) is 19.0 Å². The van der Waals surface area contributed by atoms with Crippen LogP contribution in [0.5, 0.6) is 0 Å². The Bertz CT molecular complexity index is 763. The molecule has 2 aromatic rings. The Labute approximate surface area is 132 Å². The van der Waals surface area contributed by atoms with Crippen LogP contribution in [-0.4, -0.2) is 59.9 Å². The highest BCUT2D eigenvalue weighted by Gasteiger charge is 2.60.